The molecule has 0 rings (SSSR count). The molecule has 1 amide bonds. The van der Waals surface area contributed by atoms with Gasteiger partial charge in [-0.05, 0) is 12.8 Å². The van der Waals surface area contributed by atoms with Gasteiger partial charge in [0, 0.05) is 11.8 Å². The zero-order valence-electron chi connectivity index (χ0n) is 11.5. The predicted octanol–water partition coefficient (Wildman–Crippen LogP) is 0.721. The molecular weight excluding hydrogens is 276 g/mol. The fraction of sp³-hybridized carbons (Fsp3) is 0.909. The van der Waals surface area contributed by atoms with Crippen molar-refractivity contribution in [3.8, 4) is 0 Å². The van der Waals surface area contributed by atoms with Crippen LogP contribution in [0.5, 0.6) is 0 Å². The van der Waals surface area contributed by atoms with E-state index in [0.717, 1.165) is 6.42 Å². The molecule has 0 aromatic carbocycles. The van der Waals surface area contributed by atoms with E-state index in [1.165, 1.54) is 0 Å². The maximum atomic E-state index is 11.7. The van der Waals surface area contributed by atoms with E-state index in [-0.39, 0.29) is 35.7 Å². The van der Waals surface area contributed by atoms with Crippen molar-refractivity contribution < 1.29 is 13.2 Å². The largest absolute Gasteiger partial charge is 0.351 e. The Bertz CT molecular complexity index is 346. The monoisotopic (exact) mass is 300 g/mol. The summed E-state index contributed by atoms with van der Waals surface area (Å²) in [6.07, 6.45) is 0.816. The van der Waals surface area contributed by atoms with E-state index < -0.39 is 21.9 Å². The maximum Gasteiger partial charge on any atom is 0.237 e. The van der Waals surface area contributed by atoms with Crippen LogP contribution in [0.3, 0.4) is 0 Å². The molecule has 0 fully saturated rings. The molecule has 0 saturated heterocycles. The highest BCUT2D eigenvalue weighted by atomic mass is 35.5. The van der Waals surface area contributed by atoms with Crippen LogP contribution in [0.2, 0.25) is 0 Å². The molecule has 0 aromatic heterocycles. The maximum absolute atomic E-state index is 11.7. The first-order chi connectivity index (χ1) is 7.73. The van der Waals surface area contributed by atoms with Gasteiger partial charge < -0.3 is 11.1 Å². The molecule has 0 bridgehead atoms. The third kappa shape index (κ3) is 7.18. The number of sulfone groups is 1. The number of nitrogens with two attached hydrogens (primary N) is 1. The number of carbonyl (C=O) groups is 1. The molecule has 3 unspecified atom stereocenters. The van der Waals surface area contributed by atoms with Gasteiger partial charge in [-0.1, -0.05) is 27.2 Å². The summed E-state index contributed by atoms with van der Waals surface area (Å²) in [6.45, 7) is 7.13. The van der Waals surface area contributed by atoms with E-state index in [4.69, 9.17) is 5.73 Å². The molecule has 0 saturated carbocycles. The summed E-state index contributed by atoms with van der Waals surface area (Å²) in [6, 6.07) is -0.977. The number of hydrogen-bond acceptors (Lipinski definition) is 4. The van der Waals surface area contributed by atoms with Crippen molar-refractivity contribution in [2.45, 2.75) is 46.2 Å². The summed E-state index contributed by atoms with van der Waals surface area (Å²) in [5.74, 6) is -0.143. The number of carbonyl (C=O) groups excluding carboxylic acids is 1. The number of hydrogen-bond donors (Lipinski definition) is 2. The first-order valence-corrected chi connectivity index (χ1v) is 7.82. The Morgan fingerprint density at radius 3 is 2.17 bits per heavy atom. The third-order valence-corrected chi connectivity index (χ3v) is 4.78. The van der Waals surface area contributed by atoms with Gasteiger partial charge in [0.05, 0.1) is 11.8 Å². The molecule has 5 nitrogen and oxygen atoms in total. The van der Waals surface area contributed by atoms with Gasteiger partial charge in [0.25, 0.3) is 0 Å². The highest BCUT2D eigenvalue weighted by Crippen LogP contribution is 2.05. The Hall–Kier alpha value is -0.330. The zero-order chi connectivity index (χ0) is 13.6. The van der Waals surface area contributed by atoms with Crippen molar-refractivity contribution in [2.24, 2.45) is 11.7 Å². The molecule has 0 heterocycles. The summed E-state index contributed by atoms with van der Waals surface area (Å²) in [4.78, 5) is 11.7. The van der Waals surface area contributed by atoms with Gasteiger partial charge in [0.15, 0.2) is 9.84 Å². The third-order valence-electron chi connectivity index (χ3n) is 2.89. The van der Waals surface area contributed by atoms with Crippen LogP contribution in [0.1, 0.15) is 34.1 Å². The Labute approximate surface area is 116 Å². The number of nitrogens with one attached hydrogen (secondary N) is 1. The van der Waals surface area contributed by atoms with Crippen LogP contribution in [0.15, 0.2) is 0 Å². The Kier molecular flexibility index (Phi) is 9.68. The van der Waals surface area contributed by atoms with Crippen LogP contribution in [0.25, 0.3) is 0 Å². The SMILES string of the molecule is CCC(C)C(N)C(=O)NC(C)CS(=O)(=O)CC.Cl. The van der Waals surface area contributed by atoms with E-state index in [1.807, 2.05) is 13.8 Å². The van der Waals surface area contributed by atoms with E-state index in [0.29, 0.717) is 0 Å². The van der Waals surface area contributed by atoms with Gasteiger partial charge in [0.1, 0.15) is 0 Å². The van der Waals surface area contributed by atoms with Gasteiger partial charge in [-0.25, -0.2) is 8.42 Å². The smallest absolute Gasteiger partial charge is 0.237 e. The fourth-order valence-electron chi connectivity index (χ4n) is 1.39. The number of halogens is 1. The van der Waals surface area contributed by atoms with Crippen molar-refractivity contribution in [3.63, 3.8) is 0 Å². The van der Waals surface area contributed by atoms with E-state index in [2.05, 4.69) is 5.32 Å². The second-order valence-electron chi connectivity index (χ2n) is 4.52. The molecule has 0 spiro atoms. The number of rotatable bonds is 7. The van der Waals surface area contributed by atoms with Crippen LogP contribution in [-0.2, 0) is 14.6 Å². The van der Waals surface area contributed by atoms with Gasteiger partial charge in [-0.3, -0.25) is 4.79 Å². The van der Waals surface area contributed by atoms with Crippen LogP contribution in [-0.4, -0.2) is 37.9 Å². The molecule has 0 aliphatic rings. The Morgan fingerprint density at radius 2 is 1.78 bits per heavy atom. The Morgan fingerprint density at radius 1 is 1.28 bits per heavy atom. The molecule has 0 aromatic rings. The lowest BCUT2D eigenvalue weighted by molar-refractivity contribution is -0.123. The van der Waals surface area contributed by atoms with Crippen molar-refractivity contribution in [1.82, 2.24) is 5.32 Å². The van der Waals surface area contributed by atoms with Crippen LogP contribution < -0.4 is 11.1 Å². The van der Waals surface area contributed by atoms with Crippen LogP contribution in [0, 0.1) is 5.92 Å². The number of amides is 1. The lowest BCUT2D eigenvalue weighted by Gasteiger charge is -2.20. The van der Waals surface area contributed by atoms with E-state index in [1.54, 1.807) is 13.8 Å². The molecule has 0 aliphatic heterocycles. The molecule has 7 heteroatoms. The molecular formula is C11H25ClN2O3S. The highest BCUT2D eigenvalue weighted by Gasteiger charge is 2.22. The lowest BCUT2D eigenvalue weighted by atomic mass is 9.99. The summed E-state index contributed by atoms with van der Waals surface area (Å²) in [5, 5.41) is 2.64. The molecule has 0 radical (unpaired) electrons. The Balaban J connectivity index is 0. The molecule has 0 aliphatic carbocycles. The summed E-state index contributed by atoms with van der Waals surface area (Å²) >= 11 is 0. The standard InChI is InChI=1S/C11H24N2O3S.ClH/c1-5-8(3)10(12)11(14)13-9(4)7-17(15,16)6-2;/h8-10H,5-7,12H2,1-4H3,(H,13,14);1H. The molecule has 18 heavy (non-hydrogen) atoms. The van der Waals surface area contributed by atoms with E-state index in [9.17, 15) is 13.2 Å². The quantitative estimate of drug-likeness (QED) is 0.725. The van der Waals surface area contributed by atoms with Crippen molar-refractivity contribution in [2.75, 3.05) is 11.5 Å². The van der Waals surface area contributed by atoms with Crippen molar-refractivity contribution >= 4 is 28.2 Å². The predicted molar refractivity (Wildman–Crippen MR) is 76.6 cm³/mol. The van der Waals surface area contributed by atoms with Gasteiger partial charge >= 0.3 is 0 Å². The first kappa shape index (κ1) is 20.0. The second kappa shape index (κ2) is 8.72. The average Bonchev–Trinajstić information content (AvgIpc) is 2.25. The molecule has 3 atom stereocenters. The summed E-state index contributed by atoms with van der Waals surface area (Å²) < 4.78 is 22.7. The molecule has 110 valence electrons. The fourth-order valence-corrected chi connectivity index (χ4v) is 2.47. The topological polar surface area (TPSA) is 89.3 Å². The van der Waals surface area contributed by atoms with Gasteiger partial charge in [-0.15, -0.1) is 12.4 Å². The van der Waals surface area contributed by atoms with Crippen molar-refractivity contribution in [1.29, 1.82) is 0 Å². The van der Waals surface area contributed by atoms with Crippen molar-refractivity contribution in [3.05, 3.63) is 0 Å². The van der Waals surface area contributed by atoms with Crippen LogP contribution >= 0.6 is 12.4 Å². The highest BCUT2D eigenvalue weighted by molar-refractivity contribution is 7.91. The lowest BCUT2D eigenvalue weighted by Crippen LogP contribution is -2.49. The van der Waals surface area contributed by atoms with Gasteiger partial charge in [-0.2, -0.15) is 0 Å². The zero-order valence-corrected chi connectivity index (χ0v) is 13.1. The first-order valence-electron chi connectivity index (χ1n) is 5.99. The second-order valence-corrected chi connectivity index (χ2v) is 6.92. The minimum atomic E-state index is -3.07. The van der Waals surface area contributed by atoms with E-state index >= 15 is 0 Å². The minimum Gasteiger partial charge on any atom is -0.351 e. The normalized spacial score (nSPS) is 16.3. The molecule has 3 N–H and O–H groups in total. The minimum absolute atomic E-state index is 0. The van der Waals surface area contributed by atoms with Gasteiger partial charge in [0.2, 0.25) is 5.91 Å². The summed E-state index contributed by atoms with van der Waals surface area (Å²) in [5.41, 5.74) is 5.75. The average molecular weight is 301 g/mol. The summed E-state index contributed by atoms with van der Waals surface area (Å²) in [7, 11) is -3.07. The van der Waals surface area contributed by atoms with Crippen LogP contribution in [0.4, 0.5) is 0 Å².